The van der Waals surface area contributed by atoms with E-state index in [2.05, 4.69) is 37.9 Å². The highest BCUT2D eigenvalue weighted by Crippen LogP contribution is 2.17. The maximum atomic E-state index is 11.9. The lowest BCUT2D eigenvalue weighted by atomic mass is 9.99. The zero-order chi connectivity index (χ0) is 14.4. The van der Waals surface area contributed by atoms with E-state index in [1.165, 1.54) is 12.8 Å². The van der Waals surface area contributed by atoms with E-state index in [9.17, 15) is 4.79 Å². The molecule has 1 aliphatic rings. The Hall–Kier alpha value is -0.610. The standard InChI is InChI=1S/C15H31N3O/c1-11(2)8-14(16)15(19)17-9-13(4)18-7-5-6-12(3)10-18/h11-14H,5-10,16H2,1-4H3,(H,17,19)/t12?,13?,14-/m0/s1. The summed E-state index contributed by atoms with van der Waals surface area (Å²) in [6.07, 6.45) is 3.35. The van der Waals surface area contributed by atoms with E-state index in [0.717, 1.165) is 25.4 Å². The molecule has 0 aromatic rings. The Morgan fingerprint density at radius 3 is 2.68 bits per heavy atom. The molecule has 1 amide bonds. The predicted molar refractivity (Wildman–Crippen MR) is 79.9 cm³/mol. The Morgan fingerprint density at radius 2 is 2.11 bits per heavy atom. The highest BCUT2D eigenvalue weighted by atomic mass is 16.2. The van der Waals surface area contributed by atoms with Crippen LogP contribution in [0.2, 0.25) is 0 Å². The normalized spacial score (nSPS) is 24.2. The Labute approximate surface area is 118 Å². The smallest absolute Gasteiger partial charge is 0.236 e. The van der Waals surface area contributed by atoms with Crippen molar-refractivity contribution in [3.05, 3.63) is 0 Å². The molecule has 0 aromatic carbocycles. The van der Waals surface area contributed by atoms with Gasteiger partial charge in [-0.25, -0.2) is 0 Å². The molecule has 112 valence electrons. The number of likely N-dealkylation sites (tertiary alicyclic amines) is 1. The van der Waals surface area contributed by atoms with Crippen molar-refractivity contribution in [2.45, 2.75) is 59.0 Å². The summed E-state index contributed by atoms with van der Waals surface area (Å²) in [5.74, 6) is 1.22. The summed E-state index contributed by atoms with van der Waals surface area (Å²) in [7, 11) is 0. The molecule has 19 heavy (non-hydrogen) atoms. The Kier molecular flexibility index (Phi) is 6.80. The fraction of sp³-hybridized carbons (Fsp3) is 0.933. The van der Waals surface area contributed by atoms with Gasteiger partial charge >= 0.3 is 0 Å². The van der Waals surface area contributed by atoms with Gasteiger partial charge in [0, 0.05) is 19.1 Å². The van der Waals surface area contributed by atoms with Crippen LogP contribution in [0.5, 0.6) is 0 Å². The second kappa shape index (κ2) is 7.85. The van der Waals surface area contributed by atoms with Gasteiger partial charge in [0.1, 0.15) is 0 Å². The highest BCUT2D eigenvalue weighted by Gasteiger charge is 2.22. The van der Waals surface area contributed by atoms with Gasteiger partial charge in [-0.05, 0) is 44.6 Å². The molecule has 0 aliphatic carbocycles. The van der Waals surface area contributed by atoms with Crippen molar-refractivity contribution in [1.82, 2.24) is 10.2 Å². The number of nitrogens with zero attached hydrogens (tertiary/aromatic N) is 1. The number of hydrogen-bond acceptors (Lipinski definition) is 3. The van der Waals surface area contributed by atoms with Gasteiger partial charge in [-0.3, -0.25) is 9.69 Å². The van der Waals surface area contributed by atoms with E-state index in [-0.39, 0.29) is 11.9 Å². The summed E-state index contributed by atoms with van der Waals surface area (Å²) in [5, 5.41) is 2.99. The van der Waals surface area contributed by atoms with Gasteiger partial charge < -0.3 is 11.1 Å². The summed E-state index contributed by atoms with van der Waals surface area (Å²) >= 11 is 0. The summed E-state index contributed by atoms with van der Waals surface area (Å²) in [4.78, 5) is 14.4. The zero-order valence-electron chi connectivity index (χ0n) is 13.0. The van der Waals surface area contributed by atoms with Gasteiger partial charge in [0.2, 0.25) is 5.91 Å². The molecule has 1 aliphatic heterocycles. The summed E-state index contributed by atoms with van der Waals surface area (Å²) < 4.78 is 0. The molecule has 3 atom stereocenters. The minimum Gasteiger partial charge on any atom is -0.353 e. The van der Waals surface area contributed by atoms with Crippen LogP contribution in [0.15, 0.2) is 0 Å². The van der Waals surface area contributed by atoms with E-state index in [1.54, 1.807) is 0 Å². The molecular formula is C15H31N3O. The van der Waals surface area contributed by atoms with E-state index in [1.807, 2.05) is 0 Å². The average molecular weight is 269 g/mol. The SMILES string of the molecule is CC(C)C[C@H](N)C(=O)NCC(C)N1CCCC(C)C1. The summed E-state index contributed by atoms with van der Waals surface area (Å²) in [5.41, 5.74) is 5.88. The topological polar surface area (TPSA) is 58.4 Å². The van der Waals surface area contributed by atoms with Crippen molar-refractivity contribution in [3.8, 4) is 0 Å². The monoisotopic (exact) mass is 269 g/mol. The summed E-state index contributed by atoms with van der Waals surface area (Å²) in [6.45, 7) is 11.7. The van der Waals surface area contributed by atoms with Crippen molar-refractivity contribution < 1.29 is 4.79 Å². The first-order valence-corrected chi connectivity index (χ1v) is 7.67. The van der Waals surface area contributed by atoms with Crippen molar-refractivity contribution in [2.24, 2.45) is 17.6 Å². The molecular weight excluding hydrogens is 238 g/mol. The third-order valence-electron chi connectivity index (χ3n) is 3.95. The second-order valence-electron chi connectivity index (χ2n) is 6.57. The van der Waals surface area contributed by atoms with E-state index in [4.69, 9.17) is 5.73 Å². The number of nitrogens with two attached hydrogens (primary N) is 1. The third-order valence-corrected chi connectivity index (χ3v) is 3.95. The Bertz CT molecular complexity index is 281. The molecule has 1 saturated heterocycles. The minimum absolute atomic E-state index is 0.00870. The van der Waals surface area contributed by atoms with Gasteiger partial charge in [-0.1, -0.05) is 20.8 Å². The number of carbonyl (C=O) groups is 1. The quantitative estimate of drug-likeness (QED) is 0.770. The first kappa shape index (κ1) is 16.4. The minimum atomic E-state index is -0.368. The van der Waals surface area contributed by atoms with Crippen LogP contribution in [-0.2, 0) is 4.79 Å². The van der Waals surface area contributed by atoms with Crippen molar-refractivity contribution in [2.75, 3.05) is 19.6 Å². The molecule has 1 rings (SSSR count). The number of nitrogens with one attached hydrogen (secondary N) is 1. The number of piperidine rings is 1. The Balaban J connectivity index is 2.29. The number of carbonyl (C=O) groups excluding carboxylic acids is 1. The average Bonchev–Trinajstić information content (AvgIpc) is 2.34. The van der Waals surface area contributed by atoms with Crippen LogP contribution in [0.1, 0.15) is 47.0 Å². The molecule has 3 N–H and O–H groups in total. The highest BCUT2D eigenvalue weighted by molar-refractivity contribution is 5.81. The number of hydrogen-bond donors (Lipinski definition) is 2. The maximum Gasteiger partial charge on any atom is 0.236 e. The molecule has 0 aromatic heterocycles. The predicted octanol–water partition coefficient (Wildman–Crippen LogP) is 1.60. The molecule has 0 bridgehead atoms. The number of amides is 1. The van der Waals surface area contributed by atoms with Crippen LogP contribution in [0, 0.1) is 11.8 Å². The van der Waals surface area contributed by atoms with Crippen LogP contribution in [-0.4, -0.2) is 42.5 Å². The van der Waals surface area contributed by atoms with E-state index < -0.39 is 0 Å². The lowest BCUT2D eigenvalue weighted by molar-refractivity contribution is -0.122. The van der Waals surface area contributed by atoms with E-state index >= 15 is 0 Å². The maximum absolute atomic E-state index is 11.9. The lowest BCUT2D eigenvalue weighted by Crippen LogP contribution is -2.49. The molecule has 1 heterocycles. The van der Waals surface area contributed by atoms with Gasteiger partial charge in [0.25, 0.3) is 0 Å². The molecule has 0 spiro atoms. The number of rotatable bonds is 6. The van der Waals surface area contributed by atoms with Gasteiger partial charge in [-0.15, -0.1) is 0 Å². The first-order valence-electron chi connectivity index (χ1n) is 7.67. The largest absolute Gasteiger partial charge is 0.353 e. The van der Waals surface area contributed by atoms with Gasteiger partial charge in [-0.2, -0.15) is 0 Å². The van der Waals surface area contributed by atoms with Crippen LogP contribution in [0.25, 0.3) is 0 Å². The second-order valence-corrected chi connectivity index (χ2v) is 6.57. The van der Waals surface area contributed by atoms with Crippen LogP contribution in [0.3, 0.4) is 0 Å². The molecule has 0 saturated carbocycles. The molecule has 4 nitrogen and oxygen atoms in total. The van der Waals surface area contributed by atoms with Crippen LogP contribution in [0.4, 0.5) is 0 Å². The molecule has 0 radical (unpaired) electrons. The van der Waals surface area contributed by atoms with Gasteiger partial charge in [0.15, 0.2) is 0 Å². The zero-order valence-corrected chi connectivity index (χ0v) is 13.0. The third kappa shape index (κ3) is 5.91. The molecule has 1 fully saturated rings. The fourth-order valence-corrected chi connectivity index (χ4v) is 2.75. The first-order chi connectivity index (χ1) is 8.90. The summed E-state index contributed by atoms with van der Waals surface area (Å²) in [6, 6.07) is 0.0328. The molecule has 2 unspecified atom stereocenters. The van der Waals surface area contributed by atoms with Crippen LogP contribution < -0.4 is 11.1 Å². The van der Waals surface area contributed by atoms with Gasteiger partial charge in [0.05, 0.1) is 6.04 Å². The van der Waals surface area contributed by atoms with Crippen molar-refractivity contribution in [1.29, 1.82) is 0 Å². The Morgan fingerprint density at radius 1 is 1.42 bits per heavy atom. The van der Waals surface area contributed by atoms with Crippen molar-refractivity contribution in [3.63, 3.8) is 0 Å². The van der Waals surface area contributed by atoms with Crippen molar-refractivity contribution >= 4 is 5.91 Å². The fourth-order valence-electron chi connectivity index (χ4n) is 2.75. The van der Waals surface area contributed by atoms with E-state index in [0.29, 0.717) is 18.5 Å². The van der Waals surface area contributed by atoms with Crippen LogP contribution >= 0.6 is 0 Å². The lowest BCUT2D eigenvalue weighted by Gasteiger charge is -2.35. The molecule has 4 heteroatoms.